The largest absolute Gasteiger partial charge is 0.439 e. The molecule has 3 aromatic rings. The minimum atomic E-state index is -0.168. The third kappa shape index (κ3) is 3.99. The third-order valence-corrected chi connectivity index (χ3v) is 6.24. The van der Waals surface area contributed by atoms with Crippen LogP contribution in [0, 0.1) is 0 Å². The molecule has 0 spiro atoms. The van der Waals surface area contributed by atoms with Crippen molar-refractivity contribution in [3.63, 3.8) is 0 Å². The Morgan fingerprint density at radius 2 is 1.97 bits per heavy atom. The van der Waals surface area contributed by atoms with E-state index in [9.17, 15) is 9.59 Å². The van der Waals surface area contributed by atoms with Crippen LogP contribution in [-0.2, 0) is 9.53 Å². The summed E-state index contributed by atoms with van der Waals surface area (Å²) in [5.74, 6) is 0.407. The van der Waals surface area contributed by atoms with Crippen molar-refractivity contribution in [1.29, 1.82) is 0 Å². The zero-order valence-electron chi connectivity index (χ0n) is 16.7. The van der Waals surface area contributed by atoms with Gasteiger partial charge in [0.05, 0.1) is 18.8 Å². The van der Waals surface area contributed by atoms with Gasteiger partial charge in [0.2, 0.25) is 5.43 Å². The highest BCUT2D eigenvalue weighted by atomic mass is 32.1. The Morgan fingerprint density at radius 3 is 2.71 bits per heavy atom. The van der Waals surface area contributed by atoms with Gasteiger partial charge in [-0.25, -0.2) is 0 Å². The van der Waals surface area contributed by atoms with E-state index in [-0.39, 0.29) is 11.3 Å². The van der Waals surface area contributed by atoms with Crippen molar-refractivity contribution in [2.24, 2.45) is 0 Å². The smallest absolute Gasteiger partial charge is 0.257 e. The Hall–Kier alpha value is -3.36. The highest BCUT2D eigenvalue weighted by molar-refractivity contribution is 7.17. The summed E-state index contributed by atoms with van der Waals surface area (Å²) < 4.78 is 12.2. The molecule has 4 heterocycles. The molecule has 2 N–H and O–H groups in total. The lowest BCUT2D eigenvalue weighted by Gasteiger charge is -2.27. The number of benzene rings is 1. The van der Waals surface area contributed by atoms with Crippen LogP contribution in [0.2, 0.25) is 0 Å². The molecule has 7 nitrogen and oxygen atoms in total. The van der Waals surface area contributed by atoms with E-state index in [4.69, 9.17) is 9.15 Å². The molecule has 2 aliphatic heterocycles. The van der Waals surface area contributed by atoms with Crippen molar-refractivity contribution in [1.82, 2.24) is 5.32 Å². The summed E-state index contributed by atoms with van der Waals surface area (Å²) in [4.78, 5) is 27.0. The monoisotopic (exact) mass is 435 g/mol. The molecule has 31 heavy (non-hydrogen) atoms. The number of dihydropyridines is 1. The van der Waals surface area contributed by atoms with Crippen LogP contribution in [0.15, 0.2) is 68.8 Å². The number of hydrogen-bond donors (Lipinski definition) is 2. The molecule has 0 radical (unpaired) electrons. The number of hydrogen-bond acceptors (Lipinski definition) is 7. The Bertz CT molecular complexity index is 1230. The number of thiophene rings is 1. The second kappa shape index (κ2) is 8.41. The molecule has 0 unspecified atom stereocenters. The maximum absolute atomic E-state index is 12.6. The van der Waals surface area contributed by atoms with E-state index in [0.717, 1.165) is 17.7 Å². The lowest BCUT2D eigenvalue weighted by Crippen LogP contribution is -2.36. The van der Waals surface area contributed by atoms with Gasteiger partial charge in [-0.15, -0.1) is 11.3 Å². The predicted molar refractivity (Wildman–Crippen MR) is 123 cm³/mol. The van der Waals surface area contributed by atoms with Crippen molar-refractivity contribution >= 4 is 39.1 Å². The first-order valence-electron chi connectivity index (χ1n) is 10.1. The van der Waals surface area contributed by atoms with Crippen LogP contribution in [0.4, 0.5) is 11.6 Å². The average molecular weight is 436 g/mol. The van der Waals surface area contributed by atoms with Crippen molar-refractivity contribution < 1.29 is 13.9 Å². The number of carbonyl (C=O) groups excluding carboxylic acids is 1. The Kier molecular flexibility index (Phi) is 5.31. The molecule has 0 saturated carbocycles. The number of ether oxygens (including phenoxy) is 1. The molecule has 1 fully saturated rings. The fourth-order valence-electron chi connectivity index (χ4n) is 3.62. The third-order valence-electron chi connectivity index (χ3n) is 5.26. The van der Waals surface area contributed by atoms with E-state index < -0.39 is 0 Å². The van der Waals surface area contributed by atoms with Crippen LogP contribution in [0.1, 0.15) is 0 Å². The van der Waals surface area contributed by atoms with Gasteiger partial charge in [-0.1, -0.05) is 24.3 Å². The molecule has 1 aromatic carbocycles. The topological polar surface area (TPSA) is 83.8 Å². The lowest BCUT2D eigenvalue weighted by molar-refractivity contribution is -0.112. The molecule has 0 atom stereocenters. The molecule has 1 amide bonds. The first kappa shape index (κ1) is 19.6. The van der Waals surface area contributed by atoms with Crippen molar-refractivity contribution in [3.8, 4) is 11.1 Å². The van der Waals surface area contributed by atoms with E-state index in [1.165, 1.54) is 11.3 Å². The molecule has 5 rings (SSSR count). The van der Waals surface area contributed by atoms with Crippen LogP contribution < -0.4 is 21.0 Å². The summed E-state index contributed by atoms with van der Waals surface area (Å²) in [5.41, 5.74) is 3.63. The van der Waals surface area contributed by atoms with Crippen LogP contribution >= 0.6 is 11.3 Å². The van der Waals surface area contributed by atoms with Crippen LogP contribution in [0.25, 0.3) is 21.4 Å². The van der Waals surface area contributed by atoms with Gasteiger partial charge in [0.15, 0.2) is 11.5 Å². The molecule has 158 valence electrons. The van der Waals surface area contributed by atoms with Gasteiger partial charge < -0.3 is 24.7 Å². The second-order valence-electron chi connectivity index (χ2n) is 7.30. The normalized spacial score (nSPS) is 16.1. The standard InChI is InChI=1S/C23H21N3O4S/c27-19-12-20(26-8-10-29-11-9-26)30-21-18(14-31-22(19)21)15-3-5-17(6-4-15)25-23(28)16-2-1-7-24-13-16/h1-6,12-14,24H,7-11H2,(H,25,28). The number of nitrogens with one attached hydrogen (secondary N) is 2. The fourth-order valence-corrected chi connectivity index (χ4v) is 4.53. The Morgan fingerprint density at radius 1 is 1.16 bits per heavy atom. The number of fused-ring (bicyclic) bond motifs is 1. The number of anilines is 2. The molecule has 0 aliphatic carbocycles. The van der Waals surface area contributed by atoms with Gasteiger partial charge in [-0.2, -0.15) is 0 Å². The maximum atomic E-state index is 12.6. The zero-order chi connectivity index (χ0) is 21.2. The van der Waals surface area contributed by atoms with Crippen molar-refractivity contribution in [2.45, 2.75) is 0 Å². The second-order valence-corrected chi connectivity index (χ2v) is 8.18. The van der Waals surface area contributed by atoms with Gasteiger partial charge in [-0.05, 0) is 17.7 Å². The van der Waals surface area contributed by atoms with Gasteiger partial charge in [-0.3, -0.25) is 9.59 Å². The van der Waals surface area contributed by atoms with Gasteiger partial charge in [0, 0.05) is 48.5 Å². The molecule has 8 heteroatoms. The molecular weight excluding hydrogens is 414 g/mol. The van der Waals surface area contributed by atoms with Gasteiger partial charge in [0.1, 0.15) is 4.70 Å². The summed E-state index contributed by atoms with van der Waals surface area (Å²) in [6.07, 6.45) is 5.40. The molecule has 2 aromatic heterocycles. The minimum Gasteiger partial charge on any atom is -0.439 e. The number of carbonyl (C=O) groups is 1. The minimum absolute atomic E-state index is 0.0368. The molecule has 2 aliphatic rings. The Labute approximate surface area is 182 Å². The van der Waals surface area contributed by atoms with E-state index in [0.29, 0.717) is 53.7 Å². The summed E-state index contributed by atoms with van der Waals surface area (Å²) in [6, 6.07) is 9.10. The van der Waals surface area contributed by atoms with Crippen LogP contribution in [0.5, 0.6) is 0 Å². The van der Waals surface area contributed by atoms with Crippen molar-refractivity contribution in [2.75, 3.05) is 43.1 Å². The first-order valence-corrected chi connectivity index (χ1v) is 11.0. The summed E-state index contributed by atoms with van der Waals surface area (Å²) in [5, 5.41) is 7.86. The quantitative estimate of drug-likeness (QED) is 0.654. The highest BCUT2D eigenvalue weighted by Gasteiger charge is 2.18. The first-order chi connectivity index (χ1) is 15.2. The van der Waals surface area contributed by atoms with Crippen LogP contribution in [0.3, 0.4) is 0 Å². The number of morpholine rings is 1. The van der Waals surface area contributed by atoms with Gasteiger partial charge >= 0.3 is 0 Å². The average Bonchev–Trinajstić information content (AvgIpc) is 3.25. The number of nitrogens with zero attached hydrogens (tertiary/aromatic N) is 1. The van der Waals surface area contributed by atoms with Crippen molar-refractivity contribution in [3.05, 3.63) is 69.9 Å². The number of amides is 1. The van der Waals surface area contributed by atoms with E-state index >= 15 is 0 Å². The molecule has 1 saturated heterocycles. The SMILES string of the molecule is O=C(Nc1ccc(-c2csc3c(=O)cc(N4CCOCC4)oc23)cc1)C1=CNCC=C1. The zero-order valence-corrected chi connectivity index (χ0v) is 17.5. The predicted octanol–water partition coefficient (Wildman–Crippen LogP) is 3.34. The molecule has 0 bridgehead atoms. The fraction of sp³-hybridized carbons (Fsp3) is 0.217. The van der Waals surface area contributed by atoms with E-state index in [1.54, 1.807) is 18.3 Å². The molecular formula is C23H21N3O4S. The van der Waals surface area contributed by atoms with Crippen LogP contribution in [-0.4, -0.2) is 38.8 Å². The highest BCUT2D eigenvalue weighted by Crippen LogP contribution is 2.35. The van der Waals surface area contributed by atoms with E-state index in [2.05, 4.69) is 10.6 Å². The van der Waals surface area contributed by atoms with E-state index in [1.807, 2.05) is 40.6 Å². The summed E-state index contributed by atoms with van der Waals surface area (Å²) in [7, 11) is 0. The summed E-state index contributed by atoms with van der Waals surface area (Å²) >= 11 is 1.38. The summed E-state index contributed by atoms with van der Waals surface area (Å²) in [6.45, 7) is 3.36. The Balaban J connectivity index is 1.42. The number of rotatable bonds is 4. The maximum Gasteiger partial charge on any atom is 0.257 e. The van der Waals surface area contributed by atoms with Gasteiger partial charge in [0.25, 0.3) is 5.91 Å². The lowest BCUT2D eigenvalue weighted by atomic mass is 10.1.